The highest BCUT2D eigenvalue weighted by Gasteiger charge is 2.17. The van der Waals surface area contributed by atoms with Crippen LogP contribution in [0.15, 0.2) is 24.3 Å². The summed E-state index contributed by atoms with van der Waals surface area (Å²) < 4.78 is 5.18. The average molecular weight is 250 g/mol. The molecule has 1 heterocycles. The Bertz CT molecular complexity index is 386. The van der Waals surface area contributed by atoms with Crippen LogP contribution in [0, 0.1) is 0 Å². The van der Waals surface area contributed by atoms with E-state index >= 15 is 0 Å². The summed E-state index contributed by atoms with van der Waals surface area (Å²) in [6.07, 6.45) is 1.63. The van der Waals surface area contributed by atoms with Crippen molar-refractivity contribution in [3.63, 3.8) is 0 Å². The number of amides is 2. The first kappa shape index (κ1) is 12.7. The van der Waals surface area contributed by atoms with Crippen LogP contribution in [0.5, 0.6) is 5.75 Å². The fourth-order valence-electron chi connectivity index (χ4n) is 1.87. The van der Waals surface area contributed by atoms with E-state index in [0.717, 1.165) is 25.0 Å². The zero-order valence-electron chi connectivity index (χ0n) is 10.2. The van der Waals surface area contributed by atoms with Gasteiger partial charge in [-0.25, -0.2) is 4.79 Å². The maximum absolute atomic E-state index is 11.5. The fraction of sp³-hybridized carbons (Fsp3) is 0.462. The Morgan fingerprint density at radius 3 is 2.83 bits per heavy atom. The van der Waals surface area contributed by atoms with Crippen molar-refractivity contribution in [2.75, 3.05) is 19.8 Å². The van der Waals surface area contributed by atoms with Gasteiger partial charge in [-0.1, -0.05) is 12.1 Å². The molecule has 1 fully saturated rings. The number of phenolic OH excluding ortho intramolecular Hbond substituents is 1. The molecule has 5 nitrogen and oxygen atoms in total. The first-order valence-electron chi connectivity index (χ1n) is 6.14. The van der Waals surface area contributed by atoms with Crippen molar-refractivity contribution < 1.29 is 14.6 Å². The molecular weight excluding hydrogens is 232 g/mol. The summed E-state index contributed by atoms with van der Waals surface area (Å²) in [6.45, 7) is 1.90. The summed E-state index contributed by atoms with van der Waals surface area (Å²) in [6, 6.07) is 6.97. The van der Waals surface area contributed by atoms with Crippen LogP contribution in [0.2, 0.25) is 0 Å². The number of aromatic hydroxyl groups is 1. The zero-order valence-corrected chi connectivity index (χ0v) is 10.2. The fourth-order valence-corrected chi connectivity index (χ4v) is 1.87. The summed E-state index contributed by atoms with van der Waals surface area (Å²) in [5.74, 6) is 0.255. The van der Waals surface area contributed by atoms with Crippen LogP contribution < -0.4 is 10.6 Å². The van der Waals surface area contributed by atoms with E-state index in [1.807, 2.05) is 12.1 Å². The molecule has 1 aromatic carbocycles. The van der Waals surface area contributed by atoms with Gasteiger partial charge in [0.1, 0.15) is 5.75 Å². The topological polar surface area (TPSA) is 70.6 Å². The molecule has 5 heteroatoms. The van der Waals surface area contributed by atoms with Crippen molar-refractivity contribution in [2.45, 2.75) is 18.9 Å². The lowest BCUT2D eigenvalue weighted by Gasteiger charge is -2.11. The molecule has 98 valence electrons. The van der Waals surface area contributed by atoms with Gasteiger partial charge in [0.15, 0.2) is 0 Å². The summed E-state index contributed by atoms with van der Waals surface area (Å²) in [4.78, 5) is 11.5. The van der Waals surface area contributed by atoms with Gasteiger partial charge >= 0.3 is 6.03 Å². The molecule has 0 saturated carbocycles. The van der Waals surface area contributed by atoms with Gasteiger partial charge in [-0.15, -0.1) is 0 Å². The molecule has 0 radical (unpaired) electrons. The Labute approximate surface area is 106 Å². The van der Waals surface area contributed by atoms with Gasteiger partial charge in [-0.05, 0) is 30.5 Å². The van der Waals surface area contributed by atoms with Crippen LogP contribution in [-0.4, -0.2) is 36.9 Å². The minimum absolute atomic E-state index is 0.138. The SMILES string of the molecule is O=C(NCCc1ccc(O)cc1)NC1CCOC1. The number of benzene rings is 1. The molecule has 1 atom stereocenters. The van der Waals surface area contributed by atoms with Gasteiger partial charge < -0.3 is 20.5 Å². The molecule has 0 aliphatic carbocycles. The molecular formula is C13H18N2O3. The Morgan fingerprint density at radius 2 is 2.17 bits per heavy atom. The lowest BCUT2D eigenvalue weighted by molar-refractivity contribution is 0.188. The minimum Gasteiger partial charge on any atom is -0.508 e. The average Bonchev–Trinajstić information content (AvgIpc) is 2.84. The van der Waals surface area contributed by atoms with Gasteiger partial charge in [0.2, 0.25) is 0 Å². The normalized spacial score (nSPS) is 18.6. The monoisotopic (exact) mass is 250 g/mol. The molecule has 0 spiro atoms. The molecule has 1 aromatic rings. The number of carbonyl (C=O) groups is 1. The van der Waals surface area contributed by atoms with Gasteiger partial charge in [-0.3, -0.25) is 0 Å². The number of phenols is 1. The van der Waals surface area contributed by atoms with Gasteiger partial charge in [0, 0.05) is 13.2 Å². The highest BCUT2D eigenvalue weighted by molar-refractivity contribution is 5.74. The third-order valence-electron chi connectivity index (χ3n) is 2.90. The van der Waals surface area contributed by atoms with E-state index in [1.165, 1.54) is 0 Å². The van der Waals surface area contributed by atoms with E-state index in [2.05, 4.69) is 10.6 Å². The highest BCUT2D eigenvalue weighted by atomic mass is 16.5. The Balaban J connectivity index is 1.65. The number of urea groups is 1. The van der Waals surface area contributed by atoms with E-state index in [9.17, 15) is 4.79 Å². The summed E-state index contributed by atoms with van der Waals surface area (Å²) in [5.41, 5.74) is 1.08. The molecule has 2 rings (SSSR count). The molecule has 2 amide bonds. The molecule has 1 aliphatic rings. The standard InChI is InChI=1S/C13H18N2O3/c16-12-3-1-10(2-4-12)5-7-14-13(17)15-11-6-8-18-9-11/h1-4,11,16H,5-9H2,(H2,14,15,17). The predicted octanol–water partition coefficient (Wildman–Crippen LogP) is 1.02. The van der Waals surface area contributed by atoms with Crippen LogP contribution in [0.3, 0.4) is 0 Å². The number of rotatable bonds is 4. The number of nitrogens with one attached hydrogen (secondary N) is 2. The van der Waals surface area contributed by atoms with Crippen molar-refractivity contribution in [3.8, 4) is 5.75 Å². The van der Waals surface area contributed by atoms with Crippen LogP contribution in [-0.2, 0) is 11.2 Å². The zero-order chi connectivity index (χ0) is 12.8. The second kappa shape index (κ2) is 6.26. The van der Waals surface area contributed by atoms with E-state index in [-0.39, 0.29) is 17.8 Å². The maximum Gasteiger partial charge on any atom is 0.315 e. The molecule has 18 heavy (non-hydrogen) atoms. The number of hydrogen-bond acceptors (Lipinski definition) is 3. The first-order valence-corrected chi connectivity index (χ1v) is 6.14. The van der Waals surface area contributed by atoms with Gasteiger partial charge in [-0.2, -0.15) is 0 Å². The summed E-state index contributed by atoms with van der Waals surface area (Å²) >= 11 is 0. The van der Waals surface area contributed by atoms with E-state index < -0.39 is 0 Å². The lowest BCUT2D eigenvalue weighted by Crippen LogP contribution is -2.42. The quantitative estimate of drug-likeness (QED) is 0.747. The molecule has 3 N–H and O–H groups in total. The molecule has 0 aromatic heterocycles. The highest BCUT2D eigenvalue weighted by Crippen LogP contribution is 2.09. The molecule has 1 aliphatic heterocycles. The third kappa shape index (κ3) is 3.92. The van der Waals surface area contributed by atoms with Crippen molar-refractivity contribution in [1.82, 2.24) is 10.6 Å². The molecule has 0 bridgehead atoms. The van der Waals surface area contributed by atoms with Crippen LogP contribution in [0.1, 0.15) is 12.0 Å². The Morgan fingerprint density at radius 1 is 1.39 bits per heavy atom. The van der Waals surface area contributed by atoms with Crippen molar-refractivity contribution in [2.24, 2.45) is 0 Å². The Hall–Kier alpha value is -1.75. The van der Waals surface area contributed by atoms with Crippen LogP contribution in [0.4, 0.5) is 4.79 Å². The Kier molecular flexibility index (Phi) is 4.41. The first-order chi connectivity index (χ1) is 8.74. The van der Waals surface area contributed by atoms with Gasteiger partial charge in [0.05, 0.1) is 12.6 Å². The maximum atomic E-state index is 11.5. The molecule has 1 saturated heterocycles. The number of carbonyl (C=O) groups excluding carboxylic acids is 1. The number of ether oxygens (including phenoxy) is 1. The third-order valence-corrected chi connectivity index (χ3v) is 2.90. The molecule has 1 unspecified atom stereocenters. The minimum atomic E-state index is -0.149. The predicted molar refractivity (Wildman–Crippen MR) is 67.6 cm³/mol. The number of hydrogen-bond donors (Lipinski definition) is 3. The van der Waals surface area contributed by atoms with Crippen LogP contribution in [0.25, 0.3) is 0 Å². The van der Waals surface area contributed by atoms with Crippen molar-refractivity contribution in [3.05, 3.63) is 29.8 Å². The van der Waals surface area contributed by atoms with Crippen molar-refractivity contribution in [1.29, 1.82) is 0 Å². The largest absolute Gasteiger partial charge is 0.508 e. The summed E-state index contributed by atoms with van der Waals surface area (Å²) in [5, 5.41) is 14.8. The van der Waals surface area contributed by atoms with Crippen molar-refractivity contribution >= 4 is 6.03 Å². The summed E-state index contributed by atoms with van der Waals surface area (Å²) in [7, 11) is 0. The van der Waals surface area contributed by atoms with E-state index in [4.69, 9.17) is 9.84 Å². The van der Waals surface area contributed by atoms with E-state index in [0.29, 0.717) is 13.2 Å². The second-order valence-corrected chi connectivity index (χ2v) is 4.38. The van der Waals surface area contributed by atoms with Gasteiger partial charge in [0.25, 0.3) is 0 Å². The lowest BCUT2D eigenvalue weighted by atomic mass is 10.1. The smallest absolute Gasteiger partial charge is 0.315 e. The van der Waals surface area contributed by atoms with E-state index in [1.54, 1.807) is 12.1 Å². The van der Waals surface area contributed by atoms with Crippen LogP contribution >= 0.6 is 0 Å². The second-order valence-electron chi connectivity index (χ2n) is 4.38.